The minimum atomic E-state index is -7.64. The van der Waals surface area contributed by atoms with Gasteiger partial charge in [-0.2, -0.15) is 74.6 Å². The summed E-state index contributed by atoms with van der Waals surface area (Å²) in [5.74, 6) is -13.5. The maximum Gasteiger partial charge on any atom is 0.457 e. The van der Waals surface area contributed by atoms with Crippen LogP contribution in [0.3, 0.4) is 0 Å². The van der Waals surface area contributed by atoms with Crippen molar-refractivity contribution in [3.05, 3.63) is 0 Å². The summed E-state index contributed by atoms with van der Waals surface area (Å²) in [6.07, 6.45) is -48.8. The average molecular weight is 578 g/mol. The number of rotatable bonds is 9. The molecule has 3 nitrogen and oxygen atoms in total. The van der Waals surface area contributed by atoms with Crippen LogP contribution in [0.1, 0.15) is 6.92 Å². The van der Waals surface area contributed by atoms with Gasteiger partial charge in [0.25, 0.3) is 6.36 Å². The minimum Gasteiger partial charge on any atom is -0.328 e. The van der Waals surface area contributed by atoms with Crippen LogP contribution in [0.2, 0.25) is 0 Å². The van der Waals surface area contributed by atoms with Crippen molar-refractivity contribution >= 4 is 0 Å². The summed E-state index contributed by atoms with van der Waals surface area (Å²) in [6.45, 7) is -5.62. The molecule has 4 atom stereocenters. The van der Waals surface area contributed by atoms with Crippen LogP contribution in [0.25, 0.3) is 0 Å². The van der Waals surface area contributed by atoms with Crippen molar-refractivity contribution in [3.63, 3.8) is 0 Å². The molecule has 0 bridgehead atoms. The van der Waals surface area contributed by atoms with E-state index in [1.165, 1.54) is 0 Å². The predicted molar refractivity (Wildman–Crippen MR) is 64.3 cm³/mol. The van der Waals surface area contributed by atoms with E-state index in [-0.39, 0.29) is 0 Å². The van der Waals surface area contributed by atoms with Gasteiger partial charge in [-0.1, -0.05) is 0 Å². The van der Waals surface area contributed by atoms with Crippen LogP contribution in [0.5, 0.6) is 0 Å². The Morgan fingerprint density at radius 2 is 0.971 bits per heavy atom. The van der Waals surface area contributed by atoms with Gasteiger partial charge in [-0.15, -0.1) is 0 Å². The van der Waals surface area contributed by atoms with Crippen LogP contribution in [0, 0.1) is 0 Å². The van der Waals surface area contributed by atoms with Gasteiger partial charge < -0.3 is 4.74 Å². The highest BCUT2D eigenvalue weighted by Crippen LogP contribution is 2.53. The molecule has 4 unspecified atom stereocenters. The standard InChI is InChI=1S/C12H6F20O3/c1-4(14,8(20,21)22)35-12(31,32)7(19,10(26,27)28)33-2-5(15,9(23,24)25)11(29,30)34-3(13)6(16,17)18/h3H,2H2,1H3. The molecule has 0 aromatic carbocycles. The van der Waals surface area contributed by atoms with Crippen molar-refractivity contribution in [1.29, 1.82) is 0 Å². The molecule has 0 aliphatic heterocycles. The zero-order chi connectivity index (χ0) is 28.9. The quantitative estimate of drug-likeness (QED) is 0.281. The van der Waals surface area contributed by atoms with Crippen molar-refractivity contribution in [2.45, 2.75) is 67.6 Å². The Morgan fingerprint density at radius 3 is 1.26 bits per heavy atom. The summed E-state index contributed by atoms with van der Waals surface area (Å²) in [6, 6.07) is 0. The number of ether oxygens (including phenoxy) is 3. The predicted octanol–water partition coefficient (Wildman–Crippen LogP) is 6.83. The normalized spacial score (nSPS) is 21.2. The first-order chi connectivity index (χ1) is 14.8. The molecule has 0 aromatic heterocycles. The monoisotopic (exact) mass is 578 g/mol. The second kappa shape index (κ2) is 9.10. The lowest BCUT2D eigenvalue weighted by Gasteiger charge is -2.40. The second-order valence-electron chi connectivity index (χ2n) is 6.21. The van der Waals surface area contributed by atoms with Crippen LogP contribution in [-0.2, 0) is 14.2 Å². The summed E-state index contributed by atoms with van der Waals surface area (Å²) >= 11 is 0. The van der Waals surface area contributed by atoms with Crippen molar-refractivity contribution in [2.24, 2.45) is 0 Å². The topological polar surface area (TPSA) is 27.7 Å². The first kappa shape index (κ1) is 33.5. The van der Waals surface area contributed by atoms with Gasteiger partial charge in [-0.25, -0.2) is 13.2 Å². The molecule has 0 aliphatic carbocycles. The molecule has 212 valence electrons. The summed E-state index contributed by atoms with van der Waals surface area (Å²) in [7, 11) is 0. The fourth-order valence-electron chi connectivity index (χ4n) is 1.51. The zero-order valence-corrected chi connectivity index (χ0v) is 15.6. The molecular formula is C12H6F20O3. The molecule has 0 aromatic rings. The summed E-state index contributed by atoms with van der Waals surface area (Å²) < 4.78 is 262. The Labute approximate surface area is 177 Å². The molecule has 0 heterocycles. The van der Waals surface area contributed by atoms with Crippen molar-refractivity contribution in [2.75, 3.05) is 6.61 Å². The molecule has 0 saturated heterocycles. The van der Waals surface area contributed by atoms with Gasteiger partial charge in [0.05, 0.1) is 0 Å². The molecule has 23 heteroatoms. The molecule has 0 rings (SSSR count). The molecule has 0 saturated carbocycles. The molecule has 0 spiro atoms. The van der Waals surface area contributed by atoms with Crippen LogP contribution < -0.4 is 0 Å². The molecule has 0 radical (unpaired) electrons. The fraction of sp³-hybridized carbons (Fsp3) is 1.00. The average Bonchev–Trinajstić information content (AvgIpc) is 2.53. The lowest BCUT2D eigenvalue weighted by atomic mass is 10.1. The fourth-order valence-corrected chi connectivity index (χ4v) is 1.51. The van der Waals surface area contributed by atoms with Crippen LogP contribution in [0.15, 0.2) is 0 Å². The summed E-state index contributed by atoms with van der Waals surface area (Å²) in [5, 5.41) is 0. The third kappa shape index (κ3) is 6.63. The summed E-state index contributed by atoms with van der Waals surface area (Å²) in [4.78, 5) is 0. The molecule has 35 heavy (non-hydrogen) atoms. The van der Waals surface area contributed by atoms with E-state index in [1.54, 1.807) is 0 Å². The van der Waals surface area contributed by atoms with Crippen LogP contribution in [-0.4, -0.2) is 67.3 Å². The largest absolute Gasteiger partial charge is 0.457 e. The maximum atomic E-state index is 13.9. The van der Waals surface area contributed by atoms with E-state index < -0.39 is 74.2 Å². The maximum absolute atomic E-state index is 13.9. The second-order valence-corrected chi connectivity index (χ2v) is 6.21. The van der Waals surface area contributed by atoms with Crippen molar-refractivity contribution < 1.29 is 102 Å². The highest BCUT2D eigenvalue weighted by molar-refractivity contribution is 4.98. The van der Waals surface area contributed by atoms with E-state index in [4.69, 9.17) is 0 Å². The van der Waals surface area contributed by atoms with Gasteiger partial charge in [-0.05, 0) is 0 Å². The van der Waals surface area contributed by atoms with E-state index >= 15 is 0 Å². The van der Waals surface area contributed by atoms with Gasteiger partial charge in [0.15, 0.2) is 0 Å². The number of halogens is 20. The Hall–Kier alpha value is -1.52. The van der Waals surface area contributed by atoms with Gasteiger partial charge >= 0.3 is 54.3 Å². The van der Waals surface area contributed by atoms with E-state index in [0.717, 1.165) is 0 Å². The van der Waals surface area contributed by atoms with Gasteiger partial charge in [0.1, 0.15) is 6.61 Å². The Kier molecular flexibility index (Phi) is 8.70. The number of hydrogen-bond donors (Lipinski definition) is 0. The van der Waals surface area contributed by atoms with E-state index in [2.05, 4.69) is 4.74 Å². The minimum absolute atomic E-state index is 1.13. The highest BCUT2D eigenvalue weighted by Gasteiger charge is 2.81. The molecule has 0 N–H and O–H groups in total. The lowest BCUT2D eigenvalue weighted by Crippen LogP contribution is -2.66. The Bertz CT molecular complexity index is 719. The smallest absolute Gasteiger partial charge is 0.328 e. The first-order valence-electron chi connectivity index (χ1n) is 7.54. The highest BCUT2D eigenvalue weighted by atomic mass is 19.4. The van der Waals surface area contributed by atoms with Crippen molar-refractivity contribution in [1.82, 2.24) is 0 Å². The summed E-state index contributed by atoms with van der Waals surface area (Å²) in [5.41, 5.74) is -7.22. The molecule has 0 fully saturated rings. The van der Waals surface area contributed by atoms with Crippen LogP contribution in [0.4, 0.5) is 87.8 Å². The SMILES string of the molecule is CC(F)(OC(F)(F)C(F)(OCC(F)(C(F)(F)F)C(F)(F)OC(F)C(F)(F)F)C(F)(F)F)C(F)(F)F. The zero-order valence-electron chi connectivity index (χ0n) is 15.6. The Morgan fingerprint density at radius 1 is 0.571 bits per heavy atom. The van der Waals surface area contributed by atoms with E-state index in [0.29, 0.717) is 0 Å². The van der Waals surface area contributed by atoms with Gasteiger partial charge in [0, 0.05) is 6.92 Å². The van der Waals surface area contributed by atoms with Crippen molar-refractivity contribution in [3.8, 4) is 0 Å². The van der Waals surface area contributed by atoms with E-state index in [1.807, 2.05) is 9.47 Å². The third-order valence-electron chi connectivity index (χ3n) is 3.45. The lowest BCUT2D eigenvalue weighted by molar-refractivity contribution is -0.510. The van der Waals surface area contributed by atoms with Crippen LogP contribution >= 0.6 is 0 Å². The molecule has 0 amide bonds. The van der Waals surface area contributed by atoms with E-state index in [9.17, 15) is 87.8 Å². The van der Waals surface area contributed by atoms with Gasteiger partial charge in [0.2, 0.25) is 0 Å². The first-order valence-corrected chi connectivity index (χ1v) is 7.54. The number of hydrogen-bond acceptors (Lipinski definition) is 3. The molecule has 0 aliphatic rings. The third-order valence-corrected chi connectivity index (χ3v) is 3.45. The van der Waals surface area contributed by atoms with Gasteiger partial charge in [-0.3, -0.25) is 9.47 Å². The Balaban J connectivity index is 6.50. The number of alkyl halides is 20. The molecular weight excluding hydrogens is 572 g/mol.